The van der Waals surface area contributed by atoms with Gasteiger partial charge < -0.3 is 18.9 Å². The molecule has 2 atom stereocenters. The normalized spacial score (nSPS) is 20.6. The molecule has 4 aromatic rings. The molecule has 52 heavy (non-hydrogen) atoms. The maximum atomic E-state index is 13.9. The van der Waals surface area contributed by atoms with Crippen LogP contribution in [0.2, 0.25) is 0 Å². The van der Waals surface area contributed by atoms with E-state index >= 15 is 0 Å². The van der Waals surface area contributed by atoms with Crippen LogP contribution in [0.25, 0.3) is 0 Å². The number of likely N-dealkylation sites (tertiary alicyclic amines) is 1. The molecule has 14 heteroatoms. The zero-order chi connectivity index (χ0) is 37.9. The molecule has 3 aliphatic rings. The number of ether oxygens (including phenoxy) is 2. The highest BCUT2D eigenvalue weighted by Crippen LogP contribution is 2.55. The fourth-order valence-corrected chi connectivity index (χ4v) is 7.99. The van der Waals surface area contributed by atoms with Gasteiger partial charge in [0, 0.05) is 37.0 Å². The fourth-order valence-electron chi connectivity index (χ4n) is 7.03. The molecule has 0 aliphatic carbocycles. The molecule has 4 heterocycles. The van der Waals surface area contributed by atoms with Crippen LogP contribution in [0.5, 0.6) is 5.75 Å². The van der Waals surface area contributed by atoms with Crippen LogP contribution in [0, 0.1) is 37.9 Å². The van der Waals surface area contributed by atoms with E-state index in [0.717, 1.165) is 80.3 Å². The Morgan fingerprint density at radius 3 is 1.90 bits per heavy atom. The lowest BCUT2D eigenvalue weighted by atomic mass is 9.64. The molecule has 0 saturated carbocycles. The predicted octanol–water partition coefficient (Wildman–Crippen LogP) is 6.85. The van der Waals surface area contributed by atoms with Gasteiger partial charge in [0.05, 0.1) is 22.5 Å². The number of piperidine rings is 1. The first-order valence-corrected chi connectivity index (χ1v) is 20.1. The molecule has 0 bridgehead atoms. The van der Waals surface area contributed by atoms with Gasteiger partial charge in [-0.25, -0.2) is 9.37 Å². The molecule has 2 N–H and O–H groups in total. The van der Waals surface area contributed by atoms with E-state index in [2.05, 4.69) is 41.4 Å². The Bertz CT molecular complexity index is 1970. The predicted molar refractivity (Wildman–Crippen MR) is 195 cm³/mol. The molecule has 0 unspecified atom stereocenters. The molecule has 2 saturated heterocycles. The van der Waals surface area contributed by atoms with Crippen molar-refractivity contribution in [3.05, 3.63) is 107 Å². The first-order valence-electron chi connectivity index (χ1n) is 17.2. The molecular weight excluding hydrogens is 710 g/mol. The van der Waals surface area contributed by atoms with Gasteiger partial charge in [0.15, 0.2) is 0 Å². The van der Waals surface area contributed by atoms with E-state index in [0.29, 0.717) is 0 Å². The third-order valence-corrected chi connectivity index (χ3v) is 12.0. The van der Waals surface area contributed by atoms with Crippen molar-refractivity contribution < 1.29 is 39.8 Å². The Hall–Kier alpha value is -3.66. The minimum atomic E-state index is -4.02. The molecule has 11 nitrogen and oxygen atoms in total. The Morgan fingerprint density at radius 2 is 1.40 bits per heavy atom. The summed E-state index contributed by atoms with van der Waals surface area (Å²) in [6.45, 7) is 15.0. The van der Waals surface area contributed by atoms with Crippen molar-refractivity contribution >= 4 is 20.2 Å². The number of benzene rings is 3. The molecular formula is C38H48FN3O8S2. The van der Waals surface area contributed by atoms with Gasteiger partial charge in [-0.1, -0.05) is 35.4 Å². The van der Waals surface area contributed by atoms with Gasteiger partial charge in [-0.2, -0.15) is 16.8 Å². The van der Waals surface area contributed by atoms with Crippen molar-refractivity contribution in [2.24, 2.45) is 11.3 Å². The zero-order valence-electron chi connectivity index (χ0n) is 30.2. The van der Waals surface area contributed by atoms with Crippen LogP contribution in [-0.4, -0.2) is 72.2 Å². The molecule has 3 aromatic carbocycles. The highest BCUT2D eigenvalue weighted by atomic mass is 32.2. The Kier molecular flexibility index (Phi) is 12.0. The van der Waals surface area contributed by atoms with E-state index in [4.69, 9.17) is 18.6 Å². The van der Waals surface area contributed by atoms with E-state index in [1.165, 1.54) is 30.3 Å². The summed E-state index contributed by atoms with van der Waals surface area (Å²) < 4.78 is 88.0. The lowest BCUT2D eigenvalue weighted by Crippen LogP contribution is -2.54. The summed E-state index contributed by atoms with van der Waals surface area (Å²) in [7, 11) is -8.04. The summed E-state index contributed by atoms with van der Waals surface area (Å²) in [5.74, 6) is 1.86. The average molecular weight is 758 g/mol. The van der Waals surface area contributed by atoms with Crippen LogP contribution < -0.4 is 4.74 Å². The van der Waals surface area contributed by atoms with Gasteiger partial charge in [-0.05, 0) is 115 Å². The van der Waals surface area contributed by atoms with Crippen molar-refractivity contribution in [1.29, 1.82) is 0 Å². The van der Waals surface area contributed by atoms with Crippen LogP contribution >= 0.6 is 0 Å². The molecule has 0 radical (unpaired) electrons. The monoisotopic (exact) mass is 757 g/mol. The van der Waals surface area contributed by atoms with Gasteiger partial charge in [0.25, 0.3) is 20.2 Å². The second-order valence-corrected chi connectivity index (χ2v) is 17.4. The van der Waals surface area contributed by atoms with Gasteiger partial charge in [-0.3, -0.25) is 9.11 Å². The number of imidazole rings is 1. The van der Waals surface area contributed by atoms with E-state index in [1.54, 1.807) is 36.4 Å². The summed E-state index contributed by atoms with van der Waals surface area (Å²) in [5.41, 5.74) is 2.67. The number of fused-ring (bicyclic) bond motifs is 3. The minimum Gasteiger partial charge on any atom is -0.487 e. The number of aromatic nitrogens is 2. The minimum absolute atomic E-state index is 0.0666. The average Bonchev–Trinajstić information content (AvgIpc) is 3.49. The summed E-state index contributed by atoms with van der Waals surface area (Å²) in [6, 6.07) is 16.8. The Balaban J connectivity index is 0.000000194. The maximum absolute atomic E-state index is 13.9. The highest BCUT2D eigenvalue weighted by Gasteiger charge is 2.52. The molecule has 2 fully saturated rings. The van der Waals surface area contributed by atoms with Crippen molar-refractivity contribution in [2.45, 2.75) is 81.9 Å². The van der Waals surface area contributed by atoms with Crippen LogP contribution in [0.3, 0.4) is 0 Å². The first-order chi connectivity index (χ1) is 24.3. The topological polar surface area (TPSA) is 148 Å². The van der Waals surface area contributed by atoms with Crippen LogP contribution in [0.1, 0.15) is 61.7 Å². The SMILES string of the molecule is Cc1ccc(S(=O)(=O)O)cc1.Cc1ccc(S(=O)(=O)O)cc1.Cc1nccn1CCN1CCC2(CC1)CO[C@@H]1c3cc(F)ccc3OC(C)(C)[C@H]1C2. The first kappa shape index (κ1) is 39.5. The van der Waals surface area contributed by atoms with Crippen molar-refractivity contribution in [3.63, 3.8) is 0 Å². The van der Waals surface area contributed by atoms with Gasteiger partial charge >= 0.3 is 0 Å². The molecule has 1 aromatic heterocycles. The molecule has 7 rings (SSSR count). The lowest BCUT2D eigenvalue weighted by molar-refractivity contribution is -0.174. The maximum Gasteiger partial charge on any atom is 0.294 e. The summed E-state index contributed by atoms with van der Waals surface area (Å²) in [5, 5.41) is 0. The third kappa shape index (κ3) is 9.85. The Labute approximate surface area is 306 Å². The smallest absolute Gasteiger partial charge is 0.294 e. The van der Waals surface area contributed by atoms with Crippen molar-refractivity contribution in [1.82, 2.24) is 14.5 Å². The summed E-state index contributed by atoms with van der Waals surface area (Å²) in [4.78, 5) is 6.74. The number of nitrogens with zero attached hydrogens (tertiary/aromatic N) is 3. The van der Waals surface area contributed by atoms with Crippen molar-refractivity contribution in [2.75, 3.05) is 26.2 Å². The lowest BCUT2D eigenvalue weighted by Gasteiger charge is -2.54. The van der Waals surface area contributed by atoms with Crippen LogP contribution in [-0.2, 0) is 31.5 Å². The number of hydrogen-bond acceptors (Lipinski definition) is 8. The van der Waals surface area contributed by atoms with Gasteiger partial charge in [0.2, 0.25) is 0 Å². The molecule has 0 amide bonds. The standard InChI is InChI=1S/C24H32FN3O2.2C7H8O3S/c1-17-26-8-11-28(17)13-12-27-9-6-24(7-10-27)15-20-22(29-16-24)19-14-18(25)4-5-21(19)30-23(20,2)3;2*1-6-2-4-7(5-3-6)11(8,9)10/h4-5,8,11,14,20,22H,6-7,9-10,12-13,15-16H2,1-3H3;2*2-5H,1H3,(H,8,9,10)/t20-,22+;;/m0../s1. The zero-order valence-corrected chi connectivity index (χ0v) is 31.8. The molecule has 1 spiro atoms. The summed E-state index contributed by atoms with van der Waals surface area (Å²) in [6.07, 6.45) is 7.22. The van der Waals surface area contributed by atoms with Crippen LogP contribution in [0.4, 0.5) is 4.39 Å². The van der Waals surface area contributed by atoms with E-state index < -0.39 is 20.2 Å². The van der Waals surface area contributed by atoms with Gasteiger partial charge in [0.1, 0.15) is 23.0 Å². The molecule has 282 valence electrons. The van der Waals surface area contributed by atoms with Crippen LogP contribution in [0.15, 0.2) is 88.9 Å². The molecule has 3 aliphatic heterocycles. The van der Waals surface area contributed by atoms with E-state index in [1.807, 2.05) is 20.0 Å². The quantitative estimate of drug-likeness (QED) is 0.207. The Morgan fingerprint density at radius 1 is 0.846 bits per heavy atom. The fraction of sp³-hybridized carbons (Fsp3) is 0.447. The summed E-state index contributed by atoms with van der Waals surface area (Å²) >= 11 is 0. The van der Waals surface area contributed by atoms with Crippen molar-refractivity contribution in [3.8, 4) is 5.75 Å². The number of hydrogen-bond donors (Lipinski definition) is 2. The van der Waals surface area contributed by atoms with E-state index in [9.17, 15) is 21.2 Å². The number of rotatable bonds is 5. The highest BCUT2D eigenvalue weighted by molar-refractivity contribution is 7.86. The number of halogens is 1. The third-order valence-electron chi connectivity index (χ3n) is 10.3. The van der Waals surface area contributed by atoms with E-state index in [-0.39, 0.29) is 38.6 Å². The second-order valence-electron chi connectivity index (χ2n) is 14.5. The number of aryl methyl sites for hydroxylation is 3. The van der Waals surface area contributed by atoms with Gasteiger partial charge in [-0.15, -0.1) is 0 Å². The second kappa shape index (κ2) is 15.7. The largest absolute Gasteiger partial charge is 0.487 e.